The van der Waals surface area contributed by atoms with E-state index in [0.717, 1.165) is 22.6 Å². The summed E-state index contributed by atoms with van der Waals surface area (Å²) in [7, 11) is 3.20. The molecule has 0 aliphatic carbocycles. The van der Waals surface area contributed by atoms with Gasteiger partial charge in [0.25, 0.3) is 0 Å². The molecule has 2 rings (SSSR count). The molecule has 2 aromatic rings. The summed E-state index contributed by atoms with van der Waals surface area (Å²) in [4.78, 5) is 0. The molecule has 1 unspecified atom stereocenters. The molecule has 132 valence electrons. The number of benzene rings is 2. The fraction of sp³-hybridized carbons (Fsp3) is 0.238. The first-order valence-electron chi connectivity index (χ1n) is 8.01. The summed E-state index contributed by atoms with van der Waals surface area (Å²) >= 11 is 0. The number of hydrogen-bond acceptors (Lipinski definition) is 4. The van der Waals surface area contributed by atoms with Gasteiger partial charge in [0.2, 0.25) is 0 Å². The molecular formula is C21H24O4. The summed E-state index contributed by atoms with van der Waals surface area (Å²) in [6.45, 7) is 4.43. The second-order valence-electron chi connectivity index (χ2n) is 5.36. The largest absolute Gasteiger partial charge is 0.468 e. The van der Waals surface area contributed by atoms with E-state index in [-0.39, 0.29) is 19.5 Å². The summed E-state index contributed by atoms with van der Waals surface area (Å²) in [5, 5.41) is 0. The monoisotopic (exact) mass is 340 g/mol. The maximum absolute atomic E-state index is 5.41. The standard InChI is InChI=1S/C21H24O4/c1-4-18(19-9-13-21(14-10-19)25-16-23-3)8-5-17-6-11-20(12-7-17)24-15-22-2/h4-14,18H,1,15-16H2,2-3H3/b8-5-. The molecule has 0 bridgehead atoms. The van der Waals surface area contributed by atoms with Gasteiger partial charge in [-0.25, -0.2) is 0 Å². The SMILES string of the molecule is C=CC(/C=C\c1ccc(OCOC)cc1)c1ccc(OCOC)cc1. The quantitative estimate of drug-likeness (QED) is 0.466. The number of methoxy groups -OCH3 is 2. The molecule has 0 saturated carbocycles. The maximum Gasteiger partial charge on any atom is 0.188 e. The van der Waals surface area contributed by atoms with Gasteiger partial charge >= 0.3 is 0 Å². The first-order valence-corrected chi connectivity index (χ1v) is 8.01. The minimum atomic E-state index is 0.126. The zero-order chi connectivity index (χ0) is 17.9. The van der Waals surface area contributed by atoms with Gasteiger partial charge in [-0.1, -0.05) is 42.5 Å². The summed E-state index contributed by atoms with van der Waals surface area (Å²) in [5.41, 5.74) is 2.24. The molecule has 0 aliphatic heterocycles. The molecule has 25 heavy (non-hydrogen) atoms. The predicted molar refractivity (Wildman–Crippen MR) is 99.9 cm³/mol. The second kappa shape index (κ2) is 10.3. The molecule has 0 saturated heterocycles. The first-order chi connectivity index (χ1) is 12.3. The van der Waals surface area contributed by atoms with Crippen LogP contribution in [0.3, 0.4) is 0 Å². The third-order valence-electron chi connectivity index (χ3n) is 3.58. The van der Waals surface area contributed by atoms with Gasteiger partial charge in [0, 0.05) is 20.1 Å². The lowest BCUT2D eigenvalue weighted by molar-refractivity contribution is 0.0509. The highest BCUT2D eigenvalue weighted by atomic mass is 16.7. The smallest absolute Gasteiger partial charge is 0.188 e. The van der Waals surface area contributed by atoms with Crippen LogP contribution >= 0.6 is 0 Å². The Morgan fingerprint density at radius 2 is 1.36 bits per heavy atom. The lowest BCUT2D eigenvalue weighted by atomic mass is 9.98. The molecule has 0 aliphatic rings. The van der Waals surface area contributed by atoms with E-state index in [1.807, 2.05) is 54.6 Å². The van der Waals surface area contributed by atoms with Gasteiger partial charge < -0.3 is 18.9 Å². The molecule has 1 atom stereocenters. The van der Waals surface area contributed by atoms with Crippen molar-refractivity contribution in [2.75, 3.05) is 27.8 Å². The van der Waals surface area contributed by atoms with Crippen molar-refractivity contribution >= 4 is 6.08 Å². The average Bonchev–Trinajstić information content (AvgIpc) is 2.67. The van der Waals surface area contributed by atoms with Gasteiger partial charge in [-0.3, -0.25) is 0 Å². The fourth-order valence-corrected chi connectivity index (χ4v) is 2.26. The highest BCUT2D eigenvalue weighted by Crippen LogP contribution is 2.23. The van der Waals surface area contributed by atoms with E-state index in [1.165, 1.54) is 0 Å². The Labute approximate surface area is 149 Å². The number of rotatable bonds is 10. The van der Waals surface area contributed by atoms with E-state index in [4.69, 9.17) is 18.9 Å². The van der Waals surface area contributed by atoms with Crippen molar-refractivity contribution < 1.29 is 18.9 Å². The van der Waals surface area contributed by atoms with Crippen molar-refractivity contribution in [3.63, 3.8) is 0 Å². The minimum Gasteiger partial charge on any atom is -0.468 e. The zero-order valence-corrected chi connectivity index (χ0v) is 14.7. The number of hydrogen-bond donors (Lipinski definition) is 0. The van der Waals surface area contributed by atoms with Crippen LogP contribution in [0, 0.1) is 0 Å². The molecule has 0 amide bonds. The zero-order valence-electron chi connectivity index (χ0n) is 14.7. The number of ether oxygens (including phenoxy) is 4. The lowest BCUT2D eigenvalue weighted by Crippen LogP contribution is -1.99. The Balaban J connectivity index is 2.00. The van der Waals surface area contributed by atoms with Crippen molar-refractivity contribution in [2.24, 2.45) is 0 Å². The van der Waals surface area contributed by atoms with Gasteiger partial charge in [-0.05, 0) is 35.4 Å². The van der Waals surface area contributed by atoms with Crippen LogP contribution in [-0.2, 0) is 9.47 Å². The summed E-state index contributed by atoms with van der Waals surface area (Å²) in [5.74, 6) is 1.69. The highest BCUT2D eigenvalue weighted by Gasteiger charge is 2.04. The van der Waals surface area contributed by atoms with Crippen molar-refractivity contribution in [3.05, 3.63) is 78.4 Å². The third-order valence-corrected chi connectivity index (χ3v) is 3.58. The van der Waals surface area contributed by atoms with E-state index in [2.05, 4.69) is 18.7 Å². The van der Waals surface area contributed by atoms with E-state index >= 15 is 0 Å². The Morgan fingerprint density at radius 1 is 0.840 bits per heavy atom. The Morgan fingerprint density at radius 3 is 1.84 bits per heavy atom. The first kappa shape index (κ1) is 18.8. The van der Waals surface area contributed by atoms with Crippen molar-refractivity contribution in [1.82, 2.24) is 0 Å². The molecule has 0 heterocycles. The number of allylic oxidation sites excluding steroid dienone is 2. The van der Waals surface area contributed by atoms with Crippen molar-refractivity contribution in [3.8, 4) is 11.5 Å². The van der Waals surface area contributed by atoms with Crippen LogP contribution in [0.4, 0.5) is 0 Å². The summed E-state index contributed by atoms with van der Waals surface area (Å²) < 4.78 is 20.6. The van der Waals surface area contributed by atoms with Crippen LogP contribution in [0.2, 0.25) is 0 Å². The molecule has 0 N–H and O–H groups in total. The maximum atomic E-state index is 5.41. The summed E-state index contributed by atoms with van der Waals surface area (Å²) in [6, 6.07) is 15.8. The molecule has 2 aromatic carbocycles. The topological polar surface area (TPSA) is 36.9 Å². The molecule has 0 radical (unpaired) electrons. The molecule has 0 fully saturated rings. The van der Waals surface area contributed by atoms with Gasteiger partial charge in [-0.2, -0.15) is 0 Å². The van der Waals surface area contributed by atoms with Gasteiger partial charge in [0.1, 0.15) is 11.5 Å². The Hall–Kier alpha value is -2.56. The van der Waals surface area contributed by atoms with Crippen LogP contribution < -0.4 is 9.47 Å². The van der Waals surface area contributed by atoms with Crippen LogP contribution in [0.1, 0.15) is 17.0 Å². The van der Waals surface area contributed by atoms with Gasteiger partial charge in [-0.15, -0.1) is 6.58 Å². The van der Waals surface area contributed by atoms with Gasteiger partial charge in [0.15, 0.2) is 13.6 Å². The summed E-state index contributed by atoms with van der Waals surface area (Å²) in [6.07, 6.45) is 6.10. The molecule has 0 spiro atoms. The Kier molecular flexibility index (Phi) is 7.76. The van der Waals surface area contributed by atoms with Gasteiger partial charge in [0.05, 0.1) is 0 Å². The molecule has 4 heteroatoms. The average molecular weight is 340 g/mol. The van der Waals surface area contributed by atoms with E-state index in [0.29, 0.717) is 0 Å². The molecular weight excluding hydrogens is 316 g/mol. The van der Waals surface area contributed by atoms with Crippen LogP contribution in [0.5, 0.6) is 11.5 Å². The van der Waals surface area contributed by atoms with Crippen LogP contribution in [0.15, 0.2) is 67.3 Å². The normalized spacial score (nSPS) is 12.1. The van der Waals surface area contributed by atoms with Crippen LogP contribution in [-0.4, -0.2) is 27.8 Å². The Bertz CT molecular complexity index is 659. The third kappa shape index (κ3) is 6.10. The van der Waals surface area contributed by atoms with Crippen LogP contribution in [0.25, 0.3) is 6.08 Å². The minimum absolute atomic E-state index is 0.126. The van der Waals surface area contributed by atoms with Crippen molar-refractivity contribution in [1.29, 1.82) is 0 Å². The fourth-order valence-electron chi connectivity index (χ4n) is 2.26. The predicted octanol–water partition coefficient (Wildman–Crippen LogP) is 4.64. The highest BCUT2D eigenvalue weighted by molar-refractivity contribution is 5.53. The lowest BCUT2D eigenvalue weighted by Gasteiger charge is -2.10. The van der Waals surface area contributed by atoms with E-state index < -0.39 is 0 Å². The molecule has 4 nitrogen and oxygen atoms in total. The van der Waals surface area contributed by atoms with E-state index in [9.17, 15) is 0 Å². The molecule has 0 aromatic heterocycles. The second-order valence-corrected chi connectivity index (χ2v) is 5.36. The van der Waals surface area contributed by atoms with E-state index in [1.54, 1.807) is 14.2 Å². The van der Waals surface area contributed by atoms with Crippen molar-refractivity contribution in [2.45, 2.75) is 5.92 Å².